The zero-order valence-electron chi connectivity index (χ0n) is 12.9. The fraction of sp³-hybridized carbons (Fsp3) is 0.938. The van der Waals surface area contributed by atoms with Crippen molar-refractivity contribution in [3.63, 3.8) is 0 Å². The molecule has 2 aliphatic carbocycles. The van der Waals surface area contributed by atoms with Gasteiger partial charge in [0.15, 0.2) is 0 Å². The van der Waals surface area contributed by atoms with Crippen LogP contribution in [0.15, 0.2) is 0 Å². The first-order valence-electron chi connectivity index (χ1n) is 8.13. The Morgan fingerprint density at radius 2 is 1.85 bits per heavy atom. The molecule has 116 valence electrons. The van der Waals surface area contributed by atoms with E-state index in [0.29, 0.717) is 6.54 Å². The minimum atomic E-state index is -0.646. The minimum Gasteiger partial charge on any atom is -0.388 e. The van der Waals surface area contributed by atoms with Crippen molar-refractivity contribution in [1.82, 2.24) is 4.90 Å². The summed E-state index contributed by atoms with van der Waals surface area (Å²) >= 11 is 0. The molecule has 1 amide bonds. The zero-order chi connectivity index (χ0) is 14.6. The second-order valence-corrected chi connectivity index (χ2v) is 6.66. The number of hydrogen-bond acceptors (Lipinski definition) is 3. The van der Waals surface area contributed by atoms with E-state index in [0.717, 1.165) is 32.1 Å². The van der Waals surface area contributed by atoms with E-state index >= 15 is 0 Å². The Balaban J connectivity index is 1.78. The molecular weight excluding hydrogens is 254 g/mol. The summed E-state index contributed by atoms with van der Waals surface area (Å²) in [5.74, 6) is -0.00503. The molecular formula is C16H29NO3. The maximum atomic E-state index is 12.3. The van der Waals surface area contributed by atoms with Crippen molar-refractivity contribution in [3.8, 4) is 0 Å². The Kier molecular flexibility index (Phi) is 5.44. The van der Waals surface area contributed by atoms with E-state index in [1.165, 1.54) is 25.7 Å². The monoisotopic (exact) mass is 283 g/mol. The van der Waals surface area contributed by atoms with Gasteiger partial charge in [0.05, 0.1) is 11.7 Å². The average Bonchev–Trinajstić information content (AvgIpc) is 2.64. The molecule has 0 bridgehead atoms. The highest BCUT2D eigenvalue weighted by atomic mass is 16.5. The first kappa shape index (κ1) is 15.8. The standard InChI is InChI=1S/C16H29NO3/c1-13(20-14-8-5-3-4-6-9-14)15(18)17(2)12-16(19)10-7-11-16/h13-14,19H,3-12H2,1-2H3. The molecule has 0 heterocycles. The third-order valence-corrected chi connectivity index (χ3v) is 4.74. The lowest BCUT2D eigenvalue weighted by Gasteiger charge is -2.40. The van der Waals surface area contributed by atoms with Gasteiger partial charge in [0.25, 0.3) is 5.91 Å². The summed E-state index contributed by atoms with van der Waals surface area (Å²) in [6.45, 7) is 2.28. The van der Waals surface area contributed by atoms with Crippen LogP contribution in [-0.4, -0.2) is 47.3 Å². The van der Waals surface area contributed by atoms with Gasteiger partial charge in [-0.05, 0) is 39.0 Å². The van der Waals surface area contributed by atoms with Crippen LogP contribution in [0.5, 0.6) is 0 Å². The maximum Gasteiger partial charge on any atom is 0.251 e. The molecule has 0 spiro atoms. The van der Waals surface area contributed by atoms with Crippen LogP contribution >= 0.6 is 0 Å². The molecule has 2 saturated carbocycles. The summed E-state index contributed by atoms with van der Waals surface area (Å²) in [5.41, 5.74) is -0.646. The number of hydrogen-bond donors (Lipinski definition) is 1. The Morgan fingerprint density at radius 1 is 1.25 bits per heavy atom. The predicted octanol–water partition coefficient (Wildman–Crippen LogP) is 2.49. The number of ether oxygens (including phenoxy) is 1. The molecule has 2 rings (SSSR count). The zero-order valence-corrected chi connectivity index (χ0v) is 12.9. The molecule has 4 nitrogen and oxygen atoms in total. The number of nitrogens with zero attached hydrogens (tertiary/aromatic N) is 1. The van der Waals surface area contributed by atoms with Crippen LogP contribution in [0, 0.1) is 0 Å². The van der Waals surface area contributed by atoms with E-state index < -0.39 is 11.7 Å². The van der Waals surface area contributed by atoms with Crippen LogP contribution in [-0.2, 0) is 9.53 Å². The van der Waals surface area contributed by atoms with Gasteiger partial charge in [-0.3, -0.25) is 4.79 Å². The predicted molar refractivity (Wildman–Crippen MR) is 78.5 cm³/mol. The normalized spacial score (nSPS) is 24.6. The van der Waals surface area contributed by atoms with Crippen molar-refractivity contribution in [1.29, 1.82) is 0 Å². The summed E-state index contributed by atoms with van der Waals surface area (Å²) in [5, 5.41) is 10.1. The Labute approximate surface area is 122 Å². The number of carbonyl (C=O) groups is 1. The topological polar surface area (TPSA) is 49.8 Å². The summed E-state index contributed by atoms with van der Waals surface area (Å²) in [7, 11) is 1.77. The van der Waals surface area contributed by atoms with Crippen LogP contribution < -0.4 is 0 Å². The highest BCUT2D eigenvalue weighted by Crippen LogP contribution is 2.32. The van der Waals surface area contributed by atoms with Gasteiger partial charge in [0.2, 0.25) is 0 Å². The highest BCUT2D eigenvalue weighted by Gasteiger charge is 2.37. The van der Waals surface area contributed by atoms with Crippen molar-refractivity contribution in [3.05, 3.63) is 0 Å². The molecule has 1 unspecified atom stereocenters. The Morgan fingerprint density at radius 3 is 2.35 bits per heavy atom. The molecule has 0 radical (unpaired) electrons. The molecule has 1 N–H and O–H groups in total. The summed E-state index contributed by atoms with van der Waals surface area (Å²) < 4.78 is 5.95. The minimum absolute atomic E-state index is 0.00503. The van der Waals surface area contributed by atoms with Crippen molar-refractivity contribution in [2.45, 2.75) is 82.5 Å². The smallest absolute Gasteiger partial charge is 0.251 e. The van der Waals surface area contributed by atoms with Crippen LogP contribution in [0.2, 0.25) is 0 Å². The van der Waals surface area contributed by atoms with Crippen LogP contribution in [0.1, 0.15) is 64.7 Å². The summed E-state index contributed by atoms with van der Waals surface area (Å²) in [6.07, 6.45) is 9.66. The van der Waals surface area contributed by atoms with Crippen LogP contribution in [0.4, 0.5) is 0 Å². The second-order valence-electron chi connectivity index (χ2n) is 6.66. The van der Waals surface area contributed by atoms with Gasteiger partial charge in [0.1, 0.15) is 6.10 Å². The van der Waals surface area contributed by atoms with Crippen molar-refractivity contribution in [2.24, 2.45) is 0 Å². The summed E-state index contributed by atoms with van der Waals surface area (Å²) in [6, 6.07) is 0. The Hall–Kier alpha value is -0.610. The molecule has 0 aromatic rings. The molecule has 2 fully saturated rings. The number of aliphatic hydroxyl groups is 1. The van der Waals surface area contributed by atoms with E-state index in [9.17, 15) is 9.90 Å². The van der Waals surface area contributed by atoms with Gasteiger partial charge in [-0.2, -0.15) is 0 Å². The van der Waals surface area contributed by atoms with Crippen LogP contribution in [0.25, 0.3) is 0 Å². The van der Waals surface area contributed by atoms with Gasteiger partial charge in [0, 0.05) is 13.6 Å². The summed E-state index contributed by atoms with van der Waals surface area (Å²) in [4.78, 5) is 13.9. The molecule has 1 atom stereocenters. The third kappa shape index (κ3) is 4.19. The number of carbonyl (C=O) groups excluding carboxylic acids is 1. The fourth-order valence-electron chi connectivity index (χ4n) is 3.30. The van der Waals surface area contributed by atoms with E-state index in [-0.39, 0.29) is 12.0 Å². The maximum absolute atomic E-state index is 12.3. The molecule has 0 aromatic heterocycles. The van der Waals surface area contributed by atoms with Crippen LogP contribution in [0.3, 0.4) is 0 Å². The molecule has 0 saturated heterocycles. The van der Waals surface area contributed by atoms with Crippen molar-refractivity contribution < 1.29 is 14.6 Å². The van der Waals surface area contributed by atoms with Gasteiger partial charge in [-0.1, -0.05) is 25.7 Å². The highest BCUT2D eigenvalue weighted by molar-refractivity contribution is 5.80. The quantitative estimate of drug-likeness (QED) is 0.789. The third-order valence-electron chi connectivity index (χ3n) is 4.74. The first-order chi connectivity index (χ1) is 9.50. The van der Waals surface area contributed by atoms with Crippen molar-refractivity contribution in [2.75, 3.05) is 13.6 Å². The molecule has 2 aliphatic rings. The first-order valence-corrected chi connectivity index (χ1v) is 8.13. The second kappa shape index (κ2) is 6.90. The van der Waals surface area contributed by atoms with Gasteiger partial charge < -0.3 is 14.7 Å². The SMILES string of the molecule is CC(OC1CCCCCC1)C(=O)N(C)CC1(O)CCC1. The Bertz CT molecular complexity index is 320. The lowest BCUT2D eigenvalue weighted by molar-refractivity contribution is -0.151. The fourth-order valence-corrected chi connectivity index (χ4v) is 3.30. The lowest BCUT2D eigenvalue weighted by atomic mass is 9.80. The lowest BCUT2D eigenvalue weighted by Crippen LogP contribution is -2.50. The average molecular weight is 283 g/mol. The van der Waals surface area contributed by atoms with Gasteiger partial charge >= 0.3 is 0 Å². The number of amides is 1. The molecule has 0 aromatic carbocycles. The van der Waals surface area contributed by atoms with Gasteiger partial charge in [-0.25, -0.2) is 0 Å². The van der Waals surface area contributed by atoms with E-state index in [4.69, 9.17) is 4.74 Å². The van der Waals surface area contributed by atoms with E-state index in [1.54, 1.807) is 11.9 Å². The number of rotatable bonds is 5. The van der Waals surface area contributed by atoms with E-state index in [2.05, 4.69) is 0 Å². The van der Waals surface area contributed by atoms with Gasteiger partial charge in [-0.15, -0.1) is 0 Å². The molecule has 4 heteroatoms. The van der Waals surface area contributed by atoms with Crippen molar-refractivity contribution >= 4 is 5.91 Å². The molecule has 20 heavy (non-hydrogen) atoms. The van der Waals surface area contributed by atoms with E-state index in [1.807, 2.05) is 6.92 Å². The molecule has 0 aliphatic heterocycles. The number of likely N-dealkylation sites (N-methyl/N-ethyl adjacent to an activating group) is 1. The largest absolute Gasteiger partial charge is 0.388 e.